The number of carbonyl (C=O) groups is 1. The summed E-state index contributed by atoms with van der Waals surface area (Å²) in [7, 11) is 0. The Labute approximate surface area is 112 Å². The molecule has 2 rings (SSSR count). The van der Waals surface area contributed by atoms with Gasteiger partial charge in [-0.3, -0.25) is 4.79 Å². The molecule has 0 radical (unpaired) electrons. The van der Waals surface area contributed by atoms with Crippen LogP contribution in [0.1, 0.15) is 21.7 Å². The summed E-state index contributed by atoms with van der Waals surface area (Å²) < 4.78 is 5.56. The van der Waals surface area contributed by atoms with Gasteiger partial charge in [-0.1, -0.05) is 23.8 Å². The smallest absolute Gasteiger partial charge is 0.287 e. The summed E-state index contributed by atoms with van der Waals surface area (Å²) in [5.74, 6) is 0.611. The first-order chi connectivity index (χ1) is 9.11. The third-order valence-corrected chi connectivity index (χ3v) is 2.87. The molecule has 0 unspecified atom stereocenters. The zero-order valence-electron chi connectivity index (χ0n) is 11.1. The number of amides is 1. The van der Waals surface area contributed by atoms with Gasteiger partial charge in [-0.2, -0.15) is 0 Å². The van der Waals surface area contributed by atoms with Gasteiger partial charge in [0.2, 0.25) is 0 Å². The Morgan fingerprint density at radius 1 is 1.26 bits per heavy atom. The minimum Gasteiger partial charge on any atom is -0.451 e. The Hall–Kier alpha value is -2.07. The molecule has 2 aromatic rings. The second kappa shape index (κ2) is 5.71. The molecule has 1 aromatic carbocycles. The van der Waals surface area contributed by atoms with Crippen LogP contribution in [0.4, 0.5) is 0 Å². The highest BCUT2D eigenvalue weighted by Gasteiger charge is 2.12. The average Bonchev–Trinajstić information content (AvgIpc) is 2.85. The van der Waals surface area contributed by atoms with Crippen LogP contribution in [0, 0.1) is 13.8 Å². The lowest BCUT2D eigenvalue weighted by Crippen LogP contribution is -2.25. The molecule has 0 saturated carbocycles. The van der Waals surface area contributed by atoms with Gasteiger partial charge in [0.1, 0.15) is 5.76 Å². The molecule has 2 N–H and O–H groups in total. The molecular formula is C15H17NO3. The first kappa shape index (κ1) is 13.4. The molecule has 1 aromatic heterocycles. The molecular weight excluding hydrogens is 242 g/mol. The summed E-state index contributed by atoms with van der Waals surface area (Å²) in [4.78, 5) is 11.7. The number of aryl methyl sites for hydroxylation is 2. The minimum atomic E-state index is -0.315. The third kappa shape index (κ3) is 3.03. The lowest BCUT2D eigenvalue weighted by molar-refractivity contribution is 0.0918. The van der Waals surface area contributed by atoms with Gasteiger partial charge in [-0.25, -0.2) is 0 Å². The summed E-state index contributed by atoms with van der Waals surface area (Å²) in [6.07, 6.45) is 0. The monoisotopic (exact) mass is 259 g/mol. The highest BCUT2D eigenvalue weighted by molar-refractivity contribution is 5.92. The molecule has 0 aliphatic carbocycles. The van der Waals surface area contributed by atoms with Crippen molar-refractivity contribution in [2.75, 3.05) is 13.2 Å². The maximum absolute atomic E-state index is 11.7. The van der Waals surface area contributed by atoms with E-state index in [1.54, 1.807) is 12.1 Å². The lowest BCUT2D eigenvalue weighted by atomic mass is 10.0. The van der Waals surface area contributed by atoms with Crippen molar-refractivity contribution in [2.45, 2.75) is 13.8 Å². The number of hydrogen-bond donors (Lipinski definition) is 2. The minimum absolute atomic E-state index is 0.0869. The molecule has 4 heteroatoms. The normalized spacial score (nSPS) is 10.5. The zero-order valence-corrected chi connectivity index (χ0v) is 11.1. The summed E-state index contributed by atoms with van der Waals surface area (Å²) in [6, 6.07) is 9.49. The van der Waals surface area contributed by atoms with Crippen molar-refractivity contribution < 1.29 is 14.3 Å². The van der Waals surface area contributed by atoms with Crippen molar-refractivity contribution in [1.29, 1.82) is 0 Å². The Kier molecular flexibility index (Phi) is 4.02. The van der Waals surface area contributed by atoms with Crippen molar-refractivity contribution in [3.63, 3.8) is 0 Å². The molecule has 0 atom stereocenters. The third-order valence-electron chi connectivity index (χ3n) is 2.87. The Morgan fingerprint density at radius 3 is 2.74 bits per heavy atom. The van der Waals surface area contributed by atoms with Gasteiger partial charge in [0, 0.05) is 12.1 Å². The van der Waals surface area contributed by atoms with Crippen molar-refractivity contribution in [1.82, 2.24) is 5.32 Å². The second-order valence-electron chi connectivity index (χ2n) is 4.46. The molecule has 0 aliphatic heterocycles. The number of aliphatic hydroxyl groups excluding tert-OH is 1. The number of furan rings is 1. The molecule has 4 nitrogen and oxygen atoms in total. The van der Waals surface area contributed by atoms with E-state index in [0.29, 0.717) is 5.76 Å². The predicted octanol–water partition coefficient (Wildman–Crippen LogP) is 2.29. The van der Waals surface area contributed by atoms with E-state index in [0.717, 1.165) is 11.1 Å². The van der Waals surface area contributed by atoms with Crippen LogP contribution in [0.2, 0.25) is 0 Å². The summed E-state index contributed by atoms with van der Waals surface area (Å²) >= 11 is 0. The van der Waals surface area contributed by atoms with Gasteiger partial charge in [0.15, 0.2) is 5.76 Å². The van der Waals surface area contributed by atoms with Crippen LogP contribution in [0.5, 0.6) is 0 Å². The summed E-state index contributed by atoms with van der Waals surface area (Å²) in [6.45, 7) is 4.18. The quantitative estimate of drug-likeness (QED) is 0.885. The molecule has 0 bridgehead atoms. The average molecular weight is 259 g/mol. The largest absolute Gasteiger partial charge is 0.451 e. The SMILES string of the molecule is Cc1ccc(-c2ccc(C(=O)NCCO)o2)c(C)c1. The van der Waals surface area contributed by atoms with Crippen LogP contribution in [0.25, 0.3) is 11.3 Å². The van der Waals surface area contributed by atoms with Crippen LogP contribution in [0.3, 0.4) is 0 Å². The number of nitrogens with one attached hydrogen (secondary N) is 1. The number of hydrogen-bond acceptors (Lipinski definition) is 3. The van der Waals surface area contributed by atoms with Crippen molar-refractivity contribution in [3.05, 3.63) is 47.2 Å². The van der Waals surface area contributed by atoms with E-state index in [2.05, 4.69) is 11.4 Å². The fourth-order valence-electron chi connectivity index (χ4n) is 1.95. The number of carbonyl (C=O) groups excluding carboxylic acids is 1. The molecule has 0 aliphatic rings. The van der Waals surface area contributed by atoms with Gasteiger partial charge in [0.25, 0.3) is 5.91 Å². The molecule has 0 spiro atoms. The highest BCUT2D eigenvalue weighted by atomic mass is 16.4. The van der Waals surface area contributed by atoms with E-state index in [1.165, 1.54) is 5.56 Å². The predicted molar refractivity (Wildman–Crippen MR) is 73.0 cm³/mol. The highest BCUT2D eigenvalue weighted by Crippen LogP contribution is 2.26. The first-order valence-electron chi connectivity index (χ1n) is 6.18. The topological polar surface area (TPSA) is 62.5 Å². The fourth-order valence-corrected chi connectivity index (χ4v) is 1.95. The summed E-state index contributed by atoms with van der Waals surface area (Å²) in [5.41, 5.74) is 3.28. The van der Waals surface area contributed by atoms with E-state index < -0.39 is 0 Å². The van der Waals surface area contributed by atoms with E-state index in [4.69, 9.17) is 9.52 Å². The van der Waals surface area contributed by atoms with E-state index >= 15 is 0 Å². The van der Waals surface area contributed by atoms with E-state index in [9.17, 15) is 4.79 Å². The van der Waals surface area contributed by atoms with Gasteiger partial charge in [-0.15, -0.1) is 0 Å². The van der Waals surface area contributed by atoms with Gasteiger partial charge in [0.05, 0.1) is 6.61 Å². The zero-order chi connectivity index (χ0) is 13.8. The number of aliphatic hydroxyl groups is 1. The lowest BCUT2D eigenvalue weighted by Gasteiger charge is -2.04. The van der Waals surface area contributed by atoms with Gasteiger partial charge in [-0.05, 0) is 31.5 Å². The van der Waals surface area contributed by atoms with Crippen LogP contribution in [-0.2, 0) is 0 Å². The summed E-state index contributed by atoms with van der Waals surface area (Å²) in [5, 5.41) is 11.2. The number of benzene rings is 1. The van der Waals surface area contributed by atoms with Crippen molar-refractivity contribution in [2.24, 2.45) is 0 Å². The molecule has 100 valence electrons. The van der Waals surface area contributed by atoms with Crippen molar-refractivity contribution >= 4 is 5.91 Å². The van der Waals surface area contributed by atoms with Gasteiger partial charge < -0.3 is 14.8 Å². The van der Waals surface area contributed by atoms with Crippen LogP contribution < -0.4 is 5.32 Å². The first-order valence-corrected chi connectivity index (χ1v) is 6.18. The molecule has 0 fully saturated rings. The van der Waals surface area contributed by atoms with Crippen molar-refractivity contribution in [3.8, 4) is 11.3 Å². The molecule has 19 heavy (non-hydrogen) atoms. The van der Waals surface area contributed by atoms with Crippen LogP contribution >= 0.6 is 0 Å². The van der Waals surface area contributed by atoms with E-state index in [-0.39, 0.29) is 24.8 Å². The Balaban J connectivity index is 2.23. The van der Waals surface area contributed by atoms with Gasteiger partial charge >= 0.3 is 0 Å². The fraction of sp³-hybridized carbons (Fsp3) is 0.267. The maximum Gasteiger partial charge on any atom is 0.287 e. The Bertz CT molecular complexity index is 587. The second-order valence-corrected chi connectivity index (χ2v) is 4.46. The molecule has 0 saturated heterocycles. The number of rotatable bonds is 4. The maximum atomic E-state index is 11.7. The van der Waals surface area contributed by atoms with E-state index in [1.807, 2.05) is 26.0 Å². The molecule has 1 heterocycles. The Morgan fingerprint density at radius 2 is 2.05 bits per heavy atom. The van der Waals surface area contributed by atoms with Crippen LogP contribution in [0.15, 0.2) is 34.7 Å². The molecule has 1 amide bonds. The standard InChI is InChI=1S/C15H17NO3/c1-10-3-4-12(11(2)9-10)13-5-6-14(19-13)15(18)16-7-8-17/h3-6,9,17H,7-8H2,1-2H3,(H,16,18). The van der Waals surface area contributed by atoms with Crippen LogP contribution in [-0.4, -0.2) is 24.2 Å².